The second-order valence-corrected chi connectivity index (χ2v) is 9.92. The lowest BCUT2D eigenvalue weighted by Crippen LogP contribution is -2.40. The quantitative estimate of drug-likeness (QED) is 0.832. The van der Waals surface area contributed by atoms with Gasteiger partial charge in [-0.1, -0.05) is 6.07 Å². The smallest absolute Gasteiger partial charge is 0.229 e. The number of nitrogens with one attached hydrogen (secondary N) is 1. The van der Waals surface area contributed by atoms with Crippen molar-refractivity contribution in [2.45, 2.75) is 37.1 Å². The van der Waals surface area contributed by atoms with Gasteiger partial charge in [0.25, 0.3) is 0 Å². The zero-order chi connectivity index (χ0) is 16.0. The summed E-state index contributed by atoms with van der Waals surface area (Å²) in [5, 5.41) is -0.739. The molecule has 1 aliphatic rings. The van der Waals surface area contributed by atoms with Crippen molar-refractivity contribution >= 4 is 31.5 Å². The zero-order valence-corrected chi connectivity index (χ0v) is 14.4. The van der Waals surface area contributed by atoms with Crippen molar-refractivity contribution in [3.05, 3.63) is 28.8 Å². The van der Waals surface area contributed by atoms with E-state index in [0.29, 0.717) is 5.56 Å². The van der Waals surface area contributed by atoms with E-state index in [2.05, 4.69) is 4.72 Å². The first-order valence-electron chi connectivity index (χ1n) is 6.46. The van der Waals surface area contributed by atoms with E-state index < -0.39 is 31.3 Å². The molecule has 0 radical (unpaired) electrons. The van der Waals surface area contributed by atoms with E-state index >= 15 is 0 Å². The van der Waals surface area contributed by atoms with Gasteiger partial charge in [-0.15, -0.1) is 11.6 Å². The van der Waals surface area contributed by atoms with E-state index in [0.717, 1.165) is 11.1 Å². The molecule has 5 nitrogen and oxygen atoms in total. The SMILES string of the molecule is Cc1cc(C)c(S(=O)(=O)N[C@H]2CS(=O)(=O)C[C@@H]2Cl)cc1C. The average molecular weight is 352 g/mol. The summed E-state index contributed by atoms with van der Waals surface area (Å²) in [5.74, 6) is -0.460. The van der Waals surface area contributed by atoms with Crippen molar-refractivity contribution in [1.82, 2.24) is 4.72 Å². The lowest BCUT2D eigenvalue weighted by atomic mass is 10.1. The Labute approximate surface area is 130 Å². The molecule has 1 aromatic rings. The van der Waals surface area contributed by atoms with Crippen molar-refractivity contribution < 1.29 is 16.8 Å². The minimum atomic E-state index is -3.80. The predicted octanol–water partition coefficient (Wildman–Crippen LogP) is 1.29. The van der Waals surface area contributed by atoms with Crippen molar-refractivity contribution in [3.63, 3.8) is 0 Å². The van der Waals surface area contributed by atoms with Crippen LogP contribution in [0.15, 0.2) is 17.0 Å². The van der Waals surface area contributed by atoms with Crippen LogP contribution in [0.5, 0.6) is 0 Å². The van der Waals surface area contributed by atoms with Gasteiger partial charge in [-0.05, 0) is 43.5 Å². The summed E-state index contributed by atoms with van der Waals surface area (Å²) in [5.41, 5.74) is 2.49. The van der Waals surface area contributed by atoms with Crippen molar-refractivity contribution in [3.8, 4) is 0 Å². The molecule has 2 rings (SSSR count). The van der Waals surface area contributed by atoms with Crippen LogP contribution in [0, 0.1) is 20.8 Å². The van der Waals surface area contributed by atoms with Gasteiger partial charge in [0, 0.05) is 0 Å². The molecule has 21 heavy (non-hydrogen) atoms. The fourth-order valence-corrected chi connectivity index (χ4v) is 6.72. The van der Waals surface area contributed by atoms with E-state index in [9.17, 15) is 16.8 Å². The van der Waals surface area contributed by atoms with E-state index in [1.165, 1.54) is 0 Å². The molecule has 0 spiro atoms. The Kier molecular flexibility index (Phi) is 4.41. The van der Waals surface area contributed by atoms with Crippen LogP contribution in [-0.4, -0.2) is 39.8 Å². The van der Waals surface area contributed by atoms with Crippen LogP contribution in [-0.2, 0) is 19.9 Å². The molecule has 118 valence electrons. The molecule has 1 aliphatic heterocycles. The minimum absolute atomic E-state index is 0.166. The number of sulfone groups is 1. The maximum absolute atomic E-state index is 12.5. The molecule has 8 heteroatoms. The molecule has 0 saturated carbocycles. The van der Waals surface area contributed by atoms with Gasteiger partial charge in [-0.25, -0.2) is 21.6 Å². The van der Waals surface area contributed by atoms with Crippen molar-refractivity contribution in [2.24, 2.45) is 0 Å². The maximum Gasteiger partial charge on any atom is 0.241 e. The first-order chi connectivity index (χ1) is 9.52. The Morgan fingerprint density at radius 3 is 2.19 bits per heavy atom. The molecule has 1 N–H and O–H groups in total. The van der Waals surface area contributed by atoms with E-state index in [1.807, 2.05) is 13.8 Å². The van der Waals surface area contributed by atoms with E-state index in [4.69, 9.17) is 11.6 Å². The number of alkyl halides is 1. The van der Waals surface area contributed by atoms with Gasteiger partial charge in [0.05, 0.1) is 27.8 Å². The van der Waals surface area contributed by atoms with Gasteiger partial charge in [-0.2, -0.15) is 0 Å². The number of hydrogen-bond donors (Lipinski definition) is 1. The summed E-state index contributed by atoms with van der Waals surface area (Å²) < 4.78 is 50.4. The predicted molar refractivity (Wildman–Crippen MR) is 83.1 cm³/mol. The molecule has 1 aromatic carbocycles. The van der Waals surface area contributed by atoms with Gasteiger partial charge in [0.15, 0.2) is 9.84 Å². The number of sulfonamides is 1. The van der Waals surface area contributed by atoms with Gasteiger partial charge in [-0.3, -0.25) is 0 Å². The highest BCUT2D eigenvalue weighted by atomic mass is 35.5. The van der Waals surface area contributed by atoms with Crippen LogP contribution in [0.3, 0.4) is 0 Å². The van der Waals surface area contributed by atoms with Crippen LogP contribution in [0.4, 0.5) is 0 Å². The van der Waals surface area contributed by atoms with Crippen molar-refractivity contribution in [1.29, 1.82) is 0 Å². The van der Waals surface area contributed by atoms with Gasteiger partial charge < -0.3 is 0 Å². The summed E-state index contributed by atoms with van der Waals surface area (Å²) in [6.07, 6.45) is 0. The Morgan fingerprint density at radius 2 is 1.67 bits per heavy atom. The first-order valence-corrected chi connectivity index (χ1v) is 10.2. The second kappa shape index (κ2) is 5.53. The third-order valence-corrected chi connectivity index (χ3v) is 7.68. The standard InChI is InChI=1S/C13H18ClNO4S2/c1-8-4-10(3)13(5-9(8)2)21(18,19)15-12-7-20(16,17)6-11(12)14/h4-5,11-12,15H,6-7H2,1-3H3/t11-,12-/m0/s1. The molecular formula is C13H18ClNO4S2. The number of hydrogen-bond acceptors (Lipinski definition) is 4. The van der Waals surface area contributed by atoms with Gasteiger partial charge in [0.2, 0.25) is 10.0 Å². The highest BCUT2D eigenvalue weighted by Gasteiger charge is 2.39. The zero-order valence-electron chi connectivity index (χ0n) is 12.1. The highest BCUT2D eigenvalue weighted by Crippen LogP contribution is 2.23. The molecule has 1 fully saturated rings. The van der Waals surface area contributed by atoms with Gasteiger partial charge in [0.1, 0.15) is 0 Å². The summed E-state index contributed by atoms with van der Waals surface area (Å²) in [7, 11) is -7.08. The fraction of sp³-hybridized carbons (Fsp3) is 0.538. The number of aryl methyl sites for hydroxylation is 3. The number of rotatable bonds is 3. The molecule has 2 atom stereocenters. The average Bonchev–Trinajstić information content (AvgIpc) is 2.56. The molecule has 0 unspecified atom stereocenters. The first kappa shape index (κ1) is 16.7. The summed E-state index contributed by atoms with van der Waals surface area (Å²) >= 11 is 5.95. The topological polar surface area (TPSA) is 80.3 Å². The Morgan fingerprint density at radius 1 is 1.10 bits per heavy atom. The van der Waals surface area contributed by atoms with Crippen LogP contribution >= 0.6 is 11.6 Å². The maximum atomic E-state index is 12.5. The molecule has 0 bridgehead atoms. The number of benzene rings is 1. The molecule has 1 heterocycles. The third-order valence-electron chi connectivity index (χ3n) is 3.67. The second-order valence-electron chi connectivity index (χ2n) is 5.52. The normalized spacial score (nSPS) is 25.1. The Hall–Kier alpha value is -0.630. The van der Waals surface area contributed by atoms with Crippen LogP contribution in [0.2, 0.25) is 0 Å². The summed E-state index contributed by atoms with van der Waals surface area (Å²) in [6.45, 7) is 5.45. The summed E-state index contributed by atoms with van der Waals surface area (Å²) in [4.78, 5) is 0.166. The van der Waals surface area contributed by atoms with Crippen LogP contribution < -0.4 is 4.72 Å². The van der Waals surface area contributed by atoms with Crippen LogP contribution in [0.25, 0.3) is 0 Å². The Bertz CT molecular complexity index is 772. The van der Waals surface area contributed by atoms with E-state index in [1.54, 1.807) is 19.1 Å². The number of halogens is 1. The monoisotopic (exact) mass is 351 g/mol. The highest BCUT2D eigenvalue weighted by molar-refractivity contribution is 7.92. The molecule has 0 aliphatic carbocycles. The van der Waals surface area contributed by atoms with E-state index in [-0.39, 0.29) is 16.4 Å². The lowest BCUT2D eigenvalue weighted by molar-refractivity contribution is 0.563. The molecule has 0 aromatic heterocycles. The largest absolute Gasteiger partial charge is 0.241 e. The molecular weight excluding hydrogens is 334 g/mol. The molecule has 1 saturated heterocycles. The fourth-order valence-electron chi connectivity index (χ4n) is 2.40. The molecule has 0 amide bonds. The Balaban J connectivity index is 2.34. The summed E-state index contributed by atoms with van der Waals surface area (Å²) in [6, 6.07) is 2.61. The van der Waals surface area contributed by atoms with Crippen LogP contribution in [0.1, 0.15) is 16.7 Å². The van der Waals surface area contributed by atoms with Crippen molar-refractivity contribution in [2.75, 3.05) is 11.5 Å². The lowest BCUT2D eigenvalue weighted by Gasteiger charge is -2.17. The third kappa shape index (κ3) is 3.59. The van der Waals surface area contributed by atoms with Gasteiger partial charge >= 0.3 is 0 Å². The minimum Gasteiger partial charge on any atom is -0.229 e.